The van der Waals surface area contributed by atoms with Crippen molar-refractivity contribution in [2.45, 2.75) is 19.4 Å². The van der Waals surface area contributed by atoms with Crippen LogP contribution in [0.2, 0.25) is 0 Å². The molecule has 0 aliphatic carbocycles. The molecule has 0 saturated carbocycles. The van der Waals surface area contributed by atoms with Crippen LogP contribution in [0.15, 0.2) is 35.3 Å². The molecule has 1 aliphatic rings. The fourth-order valence-electron chi connectivity index (χ4n) is 1.49. The molecule has 0 unspecified atom stereocenters. The van der Waals surface area contributed by atoms with Crippen LogP contribution in [0.3, 0.4) is 0 Å². The SMILES string of the molecule is CCC1=N[C@@H](c2ccccc2)C(=O)NN1. The van der Waals surface area contributed by atoms with Crippen molar-refractivity contribution in [2.24, 2.45) is 4.99 Å². The van der Waals surface area contributed by atoms with Gasteiger partial charge in [0.05, 0.1) is 0 Å². The summed E-state index contributed by atoms with van der Waals surface area (Å²) in [5.74, 6) is 0.696. The van der Waals surface area contributed by atoms with E-state index in [0.29, 0.717) is 0 Å². The highest BCUT2D eigenvalue weighted by atomic mass is 16.2. The molecule has 2 N–H and O–H groups in total. The highest BCUT2D eigenvalue weighted by molar-refractivity contribution is 5.93. The van der Waals surface area contributed by atoms with Gasteiger partial charge in [-0.3, -0.25) is 20.6 Å². The van der Waals surface area contributed by atoms with Gasteiger partial charge in [-0.1, -0.05) is 37.3 Å². The minimum absolute atomic E-state index is 0.113. The zero-order chi connectivity index (χ0) is 10.7. The Labute approximate surface area is 88.4 Å². The minimum atomic E-state index is -0.414. The van der Waals surface area contributed by atoms with Gasteiger partial charge in [-0.15, -0.1) is 0 Å². The van der Waals surface area contributed by atoms with Crippen LogP contribution in [-0.4, -0.2) is 11.7 Å². The molecule has 1 heterocycles. The van der Waals surface area contributed by atoms with Crippen LogP contribution in [-0.2, 0) is 4.79 Å². The van der Waals surface area contributed by atoms with Crippen LogP contribution >= 0.6 is 0 Å². The molecule has 1 atom stereocenters. The molecule has 0 radical (unpaired) electrons. The van der Waals surface area contributed by atoms with Crippen LogP contribution in [0.25, 0.3) is 0 Å². The number of aliphatic imine (C=N–C) groups is 1. The number of hydrazine groups is 1. The minimum Gasteiger partial charge on any atom is -0.286 e. The molecule has 2 rings (SSSR count). The maximum Gasteiger partial charge on any atom is 0.267 e. The lowest BCUT2D eigenvalue weighted by molar-refractivity contribution is -0.123. The molecule has 15 heavy (non-hydrogen) atoms. The van der Waals surface area contributed by atoms with E-state index in [0.717, 1.165) is 17.8 Å². The van der Waals surface area contributed by atoms with Gasteiger partial charge in [0, 0.05) is 6.42 Å². The summed E-state index contributed by atoms with van der Waals surface area (Å²) in [5, 5.41) is 0. The molecular formula is C11H13N3O. The van der Waals surface area contributed by atoms with Gasteiger partial charge >= 0.3 is 0 Å². The maximum atomic E-state index is 11.6. The van der Waals surface area contributed by atoms with E-state index in [1.807, 2.05) is 37.3 Å². The molecule has 1 aliphatic heterocycles. The average Bonchev–Trinajstić information content (AvgIpc) is 2.31. The predicted octanol–water partition coefficient (Wildman–Crippen LogP) is 1.17. The summed E-state index contributed by atoms with van der Waals surface area (Å²) in [6.45, 7) is 1.99. The number of carbonyl (C=O) groups is 1. The second-order valence-corrected chi connectivity index (χ2v) is 3.36. The van der Waals surface area contributed by atoms with Crippen molar-refractivity contribution in [3.63, 3.8) is 0 Å². The standard InChI is InChI=1S/C11H13N3O/c1-2-9-12-10(11(15)14-13-9)8-6-4-3-5-7-8/h3-7,10H,2H2,1H3,(H,12,13)(H,14,15)/t10-/m0/s1. The second-order valence-electron chi connectivity index (χ2n) is 3.36. The maximum absolute atomic E-state index is 11.6. The molecule has 0 saturated heterocycles. The van der Waals surface area contributed by atoms with Crippen molar-refractivity contribution in [3.8, 4) is 0 Å². The third-order valence-electron chi connectivity index (χ3n) is 2.31. The van der Waals surface area contributed by atoms with E-state index >= 15 is 0 Å². The summed E-state index contributed by atoms with van der Waals surface area (Å²) in [6, 6.07) is 9.14. The number of hydrogen-bond donors (Lipinski definition) is 2. The van der Waals surface area contributed by atoms with Gasteiger partial charge in [0.2, 0.25) is 0 Å². The van der Waals surface area contributed by atoms with Gasteiger partial charge in [0.1, 0.15) is 5.84 Å². The van der Waals surface area contributed by atoms with Gasteiger partial charge in [-0.25, -0.2) is 0 Å². The first-order valence-corrected chi connectivity index (χ1v) is 4.98. The lowest BCUT2D eigenvalue weighted by atomic mass is 10.1. The van der Waals surface area contributed by atoms with E-state index in [-0.39, 0.29) is 5.91 Å². The lowest BCUT2D eigenvalue weighted by Gasteiger charge is -2.21. The molecule has 1 amide bonds. The van der Waals surface area contributed by atoms with Crippen molar-refractivity contribution >= 4 is 11.7 Å². The largest absolute Gasteiger partial charge is 0.286 e. The first-order valence-electron chi connectivity index (χ1n) is 4.98. The number of amidine groups is 1. The molecule has 1 aromatic rings. The van der Waals surface area contributed by atoms with Gasteiger partial charge in [-0.2, -0.15) is 0 Å². The number of nitrogens with one attached hydrogen (secondary N) is 2. The van der Waals surface area contributed by atoms with E-state index < -0.39 is 6.04 Å². The van der Waals surface area contributed by atoms with E-state index in [1.165, 1.54) is 0 Å². The summed E-state index contributed by atoms with van der Waals surface area (Å²) in [7, 11) is 0. The van der Waals surface area contributed by atoms with Crippen molar-refractivity contribution in [1.82, 2.24) is 10.9 Å². The highest BCUT2D eigenvalue weighted by Crippen LogP contribution is 2.18. The highest BCUT2D eigenvalue weighted by Gasteiger charge is 2.23. The number of nitrogens with zero attached hydrogens (tertiary/aromatic N) is 1. The molecule has 0 bridgehead atoms. The zero-order valence-corrected chi connectivity index (χ0v) is 8.53. The smallest absolute Gasteiger partial charge is 0.267 e. The number of carbonyl (C=O) groups excluding carboxylic acids is 1. The Morgan fingerprint density at radius 2 is 2.00 bits per heavy atom. The topological polar surface area (TPSA) is 53.5 Å². The third kappa shape index (κ3) is 1.98. The normalized spacial score (nSPS) is 20.2. The molecule has 4 heteroatoms. The summed E-state index contributed by atoms with van der Waals surface area (Å²) in [4.78, 5) is 15.9. The van der Waals surface area contributed by atoms with Crippen molar-refractivity contribution < 1.29 is 4.79 Å². The monoisotopic (exact) mass is 203 g/mol. The van der Waals surface area contributed by atoms with Crippen LogP contribution in [0, 0.1) is 0 Å². The molecule has 1 aromatic carbocycles. The second kappa shape index (κ2) is 4.13. The summed E-state index contributed by atoms with van der Waals surface area (Å²) in [5.41, 5.74) is 6.30. The number of hydrogen-bond acceptors (Lipinski definition) is 3. The Kier molecular flexibility index (Phi) is 2.67. The van der Waals surface area contributed by atoms with Crippen LogP contribution in [0.5, 0.6) is 0 Å². The van der Waals surface area contributed by atoms with Crippen LogP contribution in [0.4, 0.5) is 0 Å². The number of benzene rings is 1. The number of amides is 1. The third-order valence-corrected chi connectivity index (χ3v) is 2.31. The molecule has 0 fully saturated rings. The Hall–Kier alpha value is -1.84. The molecular weight excluding hydrogens is 190 g/mol. The summed E-state index contributed by atoms with van der Waals surface area (Å²) < 4.78 is 0. The van der Waals surface area contributed by atoms with E-state index in [9.17, 15) is 4.79 Å². The quantitative estimate of drug-likeness (QED) is 0.758. The van der Waals surface area contributed by atoms with Crippen molar-refractivity contribution in [2.75, 3.05) is 0 Å². The lowest BCUT2D eigenvalue weighted by Crippen LogP contribution is -2.47. The molecule has 0 spiro atoms. The molecule has 0 aromatic heterocycles. The first kappa shape index (κ1) is 9.71. The van der Waals surface area contributed by atoms with Gasteiger partial charge < -0.3 is 0 Å². The molecule has 4 nitrogen and oxygen atoms in total. The van der Waals surface area contributed by atoms with E-state index in [1.54, 1.807) is 0 Å². The average molecular weight is 203 g/mol. The van der Waals surface area contributed by atoms with Gasteiger partial charge in [0.25, 0.3) is 5.91 Å². The predicted molar refractivity (Wildman–Crippen MR) is 58.2 cm³/mol. The van der Waals surface area contributed by atoms with E-state index in [4.69, 9.17) is 0 Å². The Balaban J connectivity index is 2.31. The fourth-order valence-corrected chi connectivity index (χ4v) is 1.49. The van der Waals surface area contributed by atoms with Crippen LogP contribution < -0.4 is 10.9 Å². The Morgan fingerprint density at radius 3 is 2.67 bits per heavy atom. The van der Waals surface area contributed by atoms with Crippen molar-refractivity contribution in [1.29, 1.82) is 0 Å². The van der Waals surface area contributed by atoms with Gasteiger partial charge in [0.15, 0.2) is 6.04 Å². The Bertz CT molecular complexity index is 386. The van der Waals surface area contributed by atoms with Crippen LogP contribution in [0.1, 0.15) is 24.9 Å². The zero-order valence-electron chi connectivity index (χ0n) is 8.53. The fraction of sp³-hybridized carbons (Fsp3) is 0.273. The summed E-state index contributed by atoms with van der Waals surface area (Å²) in [6.07, 6.45) is 0.781. The molecule has 78 valence electrons. The van der Waals surface area contributed by atoms with E-state index in [2.05, 4.69) is 15.8 Å². The van der Waals surface area contributed by atoms with Crippen molar-refractivity contribution in [3.05, 3.63) is 35.9 Å². The Morgan fingerprint density at radius 1 is 1.27 bits per heavy atom. The summed E-state index contributed by atoms with van der Waals surface area (Å²) >= 11 is 0. The number of rotatable bonds is 2. The van der Waals surface area contributed by atoms with Gasteiger partial charge in [-0.05, 0) is 5.56 Å². The first-order chi connectivity index (χ1) is 7.31.